The Morgan fingerprint density at radius 2 is 2.05 bits per heavy atom. The zero-order valence-corrected chi connectivity index (χ0v) is 11.8. The third kappa shape index (κ3) is 4.89. The van der Waals surface area contributed by atoms with E-state index in [1.54, 1.807) is 6.07 Å². The lowest BCUT2D eigenvalue weighted by molar-refractivity contribution is -0.274. The van der Waals surface area contributed by atoms with E-state index in [1.807, 2.05) is 6.92 Å². The lowest BCUT2D eigenvalue weighted by Crippen LogP contribution is -2.32. The molecule has 118 valence electrons. The Morgan fingerprint density at radius 1 is 1.33 bits per heavy atom. The number of alkyl halides is 3. The topological polar surface area (TPSA) is 38.7 Å². The minimum atomic E-state index is -4.72. The van der Waals surface area contributed by atoms with E-state index in [0.29, 0.717) is 24.5 Å². The molecule has 0 spiro atoms. The van der Waals surface area contributed by atoms with Crippen LogP contribution < -0.4 is 4.74 Å². The van der Waals surface area contributed by atoms with Crippen LogP contribution in [0.15, 0.2) is 24.3 Å². The molecule has 0 heterocycles. The Kier molecular flexibility index (Phi) is 5.11. The fraction of sp³-hybridized carbons (Fsp3) is 0.600. The molecular formula is C15H19F3O3. The lowest BCUT2D eigenvalue weighted by Gasteiger charge is -2.36. The van der Waals surface area contributed by atoms with Crippen LogP contribution in [-0.4, -0.2) is 24.2 Å². The molecule has 1 aromatic rings. The molecule has 0 aromatic heterocycles. The molecule has 6 heteroatoms. The summed E-state index contributed by atoms with van der Waals surface area (Å²) in [6.45, 7) is 2.62. The number of aliphatic hydroxyl groups is 1. The van der Waals surface area contributed by atoms with Gasteiger partial charge in [-0.1, -0.05) is 12.1 Å². The number of hydrogen-bond acceptors (Lipinski definition) is 3. The molecule has 1 aromatic carbocycles. The summed E-state index contributed by atoms with van der Waals surface area (Å²) in [6, 6.07) is 5.50. The molecule has 0 bridgehead atoms. The van der Waals surface area contributed by atoms with Crippen molar-refractivity contribution in [3.05, 3.63) is 29.8 Å². The molecule has 0 radical (unpaired) electrons. The zero-order valence-electron chi connectivity index (χ0n) is 11.8. The van der Waals surface area contributed by atoms with Gasteiger partial charge in [-0.2, -0.15) is 0 Å². The average Bonchev–Trinajstić information content (AvgIpc) is 2.34. The third-order valence-corrected chi connectivity index (χ3v) is 3.63. The van der Waals surface area contributed by atoms with Crippen LogP contribution in [0.3, 0.4) is 0 Å². The minimum absolute atomic E-state index is 0.257. The summed E-state index contributed by atoms with van der Waals surface area (Å²) in [4.78, 5) is 0. The van der Waals surface area contributed by atoms with Crippen LogP contribution in [0.1, 0.15) is 37.9 Å². The molecule has 1 N–H and O–H groups in total. The maximum Gasteiger partial charge on any atom is 0.573 e. The van der Waals surface area contributed by atoms with Crippen molar-refractivity contribution in [2.45, 2.75) is 44.8 Å². The summed E-state index contributed by atoms with van der Waals surface area (Å²) in [5.41, 5.74) is 0.441. The van der Waals surface area contributed by atoms with Gasteiger partial charge >= 0.3 is 6.36 Å². The number of rotatable bonds is 6. The van der Waals surface area contributed by atoms with Crippen LogP contribution in [0.4, 0.5) is 13.2 Å². The molecule has 0 amide bonds. The van der Waals surface area contributed by atoms with Crippen molar-refractivity contribution in [3.63, 3.8) is 0 Å². The highest BCUT2D eigenvalue weighted by Gasteiger charge is 2.33. The molecule has 1 atom stereocenters. The first-order valence-corrected chi connectivity index (χ1v) is 7.02. The molecule has 3 nitrogen and oxygen atoms in total. The molecule has 1 aliphatic rings. The number of aliphatic hydroxyl groups excluding tert-OH is 1. The first-order chi connectivity index (χ1) is 9.87. The highest BCUT2D eigenvalue weighted by Crippen LogP contribution is 2.37. The average molecular weight is 304 g/mol. The SMILES string of the molecule is CCOC1CC(CC(O)c2cccc(OC(F)(F)F)c2)C1. The molecule has 1 aliphatic carbocycles. The number of hydrogen-bond donors (Lipinski definition) is 1. The largest absolute Gasteiger partial charge is 0.573 e. The van der Waals surface area contributed by atoms with Gasteiger partial charge in [0.25, 0.3) is 0 Å². The van der Waals surface area contributed by atoms with Crippen LogP contribution >= 0.6 is 0 Å². The van der Waals surface area contributed by atoms with E-state index in [-0.39, 0.29) is 11.9 Å². The van der Waals surface area contributed by atoms with Gasteiger partial charge in [0, 0.05) is 6.61 Å². The molecule has 0 aliphatic heterocycles. The first kappa shape index (κ1) is 16.1. The van der Waals surface area contributed by atoms with E-state index in [0.717, 1.165) is 12.8 Å². The molecule has 0 saturated heterocycles. The Bertz CT molecular complexity index is 456. The standard InChI is InChI=1S/C15H19F3O3/c1-2-20-13-6-10(7-13)8-14(19)11-4-3-5-12(9-11)21-15(16,17)18/h3-5,9-10,13-14,19H,2,6-8H2,1H3. The Morgan fingerprint density at radius 3 is 2.67 bits per heavy atom. The van der Waals surface area contributed by atoms with Gasteiger partial charge in [-0.05, 0) is 49.8 Å². The van der Waals surface area contributed by atoms with Crippen molar-refractivity contribution in [2.24, 2.45) is 5.92 Å². The van der Waals surface area contributed by atoms with E-state index in [4.69, 9.17) is 4.74 Å². The van der Waals surface area contributed by atoms with Crippen molar-refractivity contribution in [2.75, 3.05) is 6.61 Å². The number of benzene rings is 1. The van der Waals surface area contributed by atoms with Crippen LogP contribution in [0.25, 0.3) is 0 Å². The monoisotopic (exact) mass is 304 g/mol. The lowest BCUT2D eigenvalue weighted by atomic mass is 9.78. The summed E-state index contributed by atoms with van der Waals surface area (Å²) in [5.74, 6) is 0.0450. The van der Waals surface area contributed by atoms with Gasteiger partial charge in [-0.25, -0.2) is 0 Å². The number of halogens is 3. The number of ether oxygens (including phenoxy) is 2. The molecule has 1 saturated carbocycles. The highest BCUT2D eigenvalue weighted by atomic mass is 19.4. The minimum Gasteiger partial charge on any atom is -0.406 e. The fourth-order valence-electron chi connectivity index (χ4n) is 2.61. The molecular weight excluding hydrogens is 285 g/mol. The summed E-state index contributed by atoms with van der Waals surface area (Å²) in [7, 11) is 0. The highest BCUT2D eigenvalue weighted by molar-refractivity contribution is 5.30. The molecule has 21 heavy (non-hydrogen) atoms. The van der Waals surface area contributed by atoms with E-state index in [1.165, 1.54) is 18.2 Å². The van der Waals surface area contributed by atoms with Gasteiger partial charge in [0.05, 0.1) is 12.2 Å². The predicted octanol–water partition coefficient (Wildman–Crippen LogP) is 3.82. The fourth-order valence-corrected chi connectivity index (χ4v) is 2.61. The maximum absolute atomic E-state index is 12.2. The normalized spacial score (nSPS) is 23.5. The summed E-state index contributed by atoms with van der Waals surface area (Å²) < 4.78 is 45.8. The van der Waals surface area contributed by atoms with Crippen LogP contribution in [-0.2, 0) is 4.74 Å². The Hall–Kier alpha value is -1.27. The van der Waals surface area contributed by atoms with Crippen molar-refractivity contribution >= 4 is 0 Å². The molecule has 2 rings (SSSR count). The molecule has 1 fully saturated rings. The second-order valence-corrected chi connectivity index (χ2v) is 5.29. The van der Waals surface area contributed by atoms with Gasteiger partial charge in [-0.3, -0.25) is 0 Å². The Labute approximate surface area is 121 Å². The second-order valence-electron chi connectivity index (χ2n) is 5.29. The van der Waals surface area contributed by atoms with Gasteiger partial charge in [-0.15, -0.1) is 13.2 Å². The summed E-state index contributed by atoms with van der Waals surface area (Å²) in [6.07, 6.45) is -2.93. The van der Waals surface area contributed by atoms with Gasteiger partial charge < -0.3 is 14.6 Å². The van der Waals surface area contributed by atoms with Crippen molar-refractivity contribution in [3.8, 4) is 5.75 Å². The van der Waals surface area contributed by atoms with Crippen LogP contribution in [0.5, 0.6) is 5.75 Å². The maximum atomic E-state index is 12.2. The summed E-state index contributed by atoms with van der Waals surface area (Å²) in [5, 5.41) is 10.1. The van der Waals surface area contributed by atoms with E-state index in [9.17, 15) is 18.3 Å². The third-order valence-electron chi connectivity index (χ3n) is 3.63. The zero-order chi connectivity index (χ0) is 15.5. The first-order valence-electron chi connectivity index (χ1n) is 7.02. The smallest absolute Gasteiger partial charge is 0.406 e. The quantitative estimate of drug-likeness (QED) is 0.868. The Balaban J connectivity index is 1.88. The van der Waals surface area contributed by atoms with Gasteiger partial charge in [0.1, 0.15) is 5.75 Å². The van der Waals surface area contributed by atoms with Crippen LogP contribution in [0, 0.1) is 5.92 Å². The van der Waals surface area contributed by atoms with E-state index in [2.05, 4.69) is 4.74 Å². The van der Waals surface area contributed by atoms with E-state index >= 15 is 0 Å². The van der Waals surface area contributed by atoms with E-state index < -0.39 is 12.5 Å². The van der Waals surface area contributed by atoms with Gasteiger partial charge in [0.2, 0.25) is 0 Å². The van der Waals surface area contributed by atoms with Crippen molar-refractivity contribution in [1.82, 2.24) is 0 Å². The van der Waals surface area contributed by atoms with Crippen LogP contribution in [0.2, 0.25) is 0 Å². The summed E-state index contributed by atoms with van der Waals surface area (Å²) >= 11 is 0. The predicted molar refractivity (Wildman–Crippen MR) is 70.8 cm³/mol. The molecule has 1 unspecified atom stereocenters. The van der Waals surface area contributed by atoms with Crippen molar-refractivity contribution in [1.29, 1.82) is 0 Å². The van der Waals surface area contributed by atoms with Crippen molar-refractivity contribution < 1.29 is 27.8 Å². The second kappa shape index (κ2) is 6.66. The van der Waals surface area contributed by atoms with Gasteiger partial charge in [0.15, 0.2) is 0 Å².